The van der Waals surface area contributed by atoms with Gasteiger partial charge in [0.05, 0.1) is 18.0 Å². The Labute approximate surface area is 219 Å². The molecule has 0 aliphatic carbocycles. The van der Waals surface area contributed by atoms with E-state index in [0.29, 0.717) is 66.2 Å². The Kier molecular flexibility index (Phi) is 10.5. The lowest BCUT2D eigenvalue weighted by atomic mass is 10.1. The van der Waals surface area contributed by atoms with Crippen LogP contribution in [0.5, 0.6) is 0 Å². The molecule has 0 fully saturated rings. The summed E-state index contributed by atoms with van der Waals surface area (Å²) in [6, 6.07) is 12.3. The number of hydrogen-bond acceptors (Lipinski definition) is 6. The molecule has 0 unspecified atom stereocenters. The molecule has 0 saturated heterocycles. The summed E-state index contributed by atoms with van der Waals surface area (Å²) in [4.78, 5) is 43.9. The fraction of sp³-hybridized carbons (Fsp3) is 0.346. The summed E-state index contributed by atoms with van der Waals surface area (Å²) in [5.41, 5.74) is 0.945. The van der Waals surface area contributed by atoms with Crippen molar-refractivity contribution in [2.24, 2.45) is 0 Å². The molecule has 9 nitrogen and oxygen atoms in total. The molecule has 0 saturated carbocycles. The molecule has 0 aliphatic rings. The maximum atomic E-state index is 13.3. The van der Waals surface area contributed by atoms with Gasteiger partial charge in [-0.2, -0.15) is 0 Å². The highest BCUT2D eigenvalue weighted by atomic mass is 32.1. The lowest BCUT2D eigenvalue weighted by Gasteiger charge is -2.17. The van der Waals surface area contributed by atoms with Crippen LogP contribution in [-0.2, 0) is 20.7 Å². The number of para-hydroxylation sites is 1. The van der Waals surface area contributed by atoms with Crippen molar-refractivity contribution in [1.29, 1.82) is 0 Å². The van der Waals surface area contributed by atoms with Crippen LogP contribution in [0.15, 0.2) is 53.3 Å². The summed E-state index contributed by atoms with van der Waals surface area (Å²) in [6.45, 7) is 0.542. The molecule has 1 atom stereocenters. The molecule has 3 aromatic rings. The third kappa shape index (κ3) is 8.94. The number of unbranched alkanes of at least 4 members (excludes halogenated alkanes) is 1. The van der Waals surface area contributed by atoms with Gasteiger partial charge in [-0.25, -0.2) is 14.2 Å². The SMILES string of the molecule is COC(=O)[C@H](CCCCNC(=S)Nc1cccc(F)c1)NC(=O)CCCc1nc2ccccc2c(=O)[nH]1. The lowest BCUT2D eigenvalue weighted by Crippen LogP contribution is -2.41. The molecule has 0 spiro atoms. The molecule has 1 amide bonds. The van der Waals surface area contributed by atoms with Gasteiger partial charge in [-0.1, -0.05) is 18.2 Å². The second kappa shape index (κ2) is 14.0. The maximum absolute atomic E-state index is 13.3. The molecule has 196 valence electrons. The number of H-pyrrole nitrogens is 1. The van der Waals surface area contributed by atoms with Crippen molar-refractivity contribution < 1.29 is 18.7 Å². The minimum Gasteiger partial charge on any atom is -0.467 e. The number of nitrogens with zero attached hydrogens (tertiary/aromatic N) is 1. The van der Waals surface area contributed by atoms with Crippen molar-refractivity contribution in [1.82, 2.24) is 20.6 Å². The number of nitrogens with one attached hydrogen (secondary N) is 4. The van der Waals surface area contributed by atoms with Crippen LogP contribution >= 0.6 is 12.2 Å². The van der Waals surface area contributed by atoms with Gasteiger partial charge < -0.3 is 25.7 Å². The van der Waals surface area contributed by atoms with Gasteiger partial charge >= 0.3 is 5.97 Å². The number of aromatic amines is 1. The number of aromatic nitrogens is 2. The summed E-state index contributed by atoms with van der Waals surface area (Å²) < 4.78 is 18.1. The van der Waals surface area contributed by atoms with E-state index >= 15 is 0 Å². The number of carbonyl (C=O) groups excluding carboxylic acids is 2. The van der Waals surface area contributed by atoms with E-state index in [9.17, 15) is 18.8 Å². The summed E-state index contributed by atoms with van der Waals surface area (Å²) >= 11 is 5.20. The molecule has 11 heteroatoms. The number of anilines is 1. The van der Waals surface area contributed by atoms with Crippen LogP contribution in [0.3, 0.4) is 0 Å². The van der Waals surface area contributed by atoms with Crippen LogP contribution in [0.25, 0.3) is 10.9 Å². The predicted octanol–water partition coefficient (Wildman–Crippen LogP) is 3.20. The highest BCUT2D eigenvalue weighted by Gasteiger charge is 2.21. The Hall–Kier alpha value is -3.86. The average molecular weight is 528 g/mol. The minimum atomic E-state index is -0.756. The molecule has 37 heavy (non-hydrogen) atoms. The van der Waals surface area contributed by atoms with E-state index in [4.69, 9.17) is 17.0 Å². The number of esters is 1. The van der Waals surface area contributed by atoms with Gasteiger partial charge in [0.15, 0.2) is 5.11 Å². The van der Waals surface area contributed by atoms with Gasteiger partial charge in [-0.05, 0) is 68.2 Å². The first-order valence-corrected chi connectivity index (χ1v) is 12.4. The Morgan fingerprint density at radius 3 is 2.73 bits per heavy atom. The molecule has 1 heterocycles. The van der Waals surface area contributed by atoms with Gasteiger partial charge in [-0.3, -0.25) is 9.59 Å². The number of hydrogen-bond donors (Lipinski definition) is 4. The molecular weight excluding hydrogens is 497 g/mol. The molecule has 4 N–H and O–H groups in total. The van der Waals surface area contributed by atoms with Gasteiger partial charge in [0.25, 0.3) is 5.56 Å². The third-order valence-corrected chi connectivity index (χ3v) is 5.83. The predicted molar refractivity (Wildman–Crippen MR) is 144 cm³/mol. The Morgan fingerprint density at radius 2 is 1.95 bits per heavy atom. The van der Waals surface area contributed by atoms with E-state index in [2.05, 4.69) is 25.9 Å². The van der Waals surface area contributed by atoms with Crippen LogP contribution in [0.2, 0.25) is 0 Å². The Morgan fingerprint density at radius 1 is 1.14 bits per heavy atom. The van der Waals surface area contributed by atoms with Crippen LogP contribution < -0.4 is 21.5 Å². The minimum absolute atomic E-state index is 0.172. The second-order valence-corrected chi connectivity index (χ2v) is 8.82. The average Bonchev–Trinajstić information content (AvgIpc) is 2.87. The van der Waals surface area contributed by atoms with Crippen molar-refractivity contribution in [3.63, 3.8) is 0 Å². The second-order valence-electron chi connectivity index (χ2n) is 8.41. The maximum Gasteiger partial charge on any atom is 0.328 e. The van der Waals surface area contributed by atoms with Crippen LogP contribution in [0.1, 0.15) is 37.9 Å². The van der Waals surface area contributed by atoms with E-state index in [1.165, 1.54) is 19.2 Å². The van der Waals surface area contributed by atoms with Crippen molar-refractivity contribution in [3.8, 4) is 0 Å². The number of benzene rings is 2. The molecule has 2 aromatic carbocycles. The van der Waals surface area contributed by atoms with E-state index < -0.39 is 12.0 Å². The topological polar surface area (TPSA) is 125 Å². The highest BCUT2D eigenvalue weighted by Crippen LogP contribution is 2.10. The van der Waals surface area contributed by atoms with Gasteiger partial charge in [-0.15, -0.1) is 0 Å². The molecule has 0 bridgehead atoms. The monoisotopic (exact) mass is 527 g/mol. The largest absolute Gasteiger partial charge is 0.467 e. The van der Waals surface area contributed by atoms with E-state index in [1.54, 1.807) is 30.3 Å². The summed E-state index contributed by atoms with van der Waals surface area (Å²) in [7, 11) is 1.28. The highest BCUT2D eigenvalue weighted by molar-refractivity contribution is 7.80. The number of ether oxygens (including phenoxy) is 1. The molecule has 0 radical (unpaired) electrons. The first-order valence-electron chi connectivity index (χ1n) is 12.0. The van der Waals surface area contributed by atoms with Crippen LogP contribution in [0, 0.1) is 5.82 Å². The van der Waals surface area contributed by atoms with Crippen molar-refractivity contribution in [2.45, 2.75) is 44.6 Å². The van der Waals surface area contributed by atoms with Crippen LogP contribution in [-0.4, -0.2) is 46.7 Å². The summed E-state index contributed by atoms with van der Waals surface area (Å²) in [5.74, 6) is -0.635. The van der Waals surface area contributed by atoms with Gasteiger partial charge in [0.1, 0.15) is 17.7 Å². The van der Waals surface area contributed by atoms with Gasteiger partial charge in [0.2, 0.25) is 5.91 Å². The zero-order chi connectivity index (χ0) is 26.6. The van der Waals surface area contributed by atoms with Crippen molar-refractivity contribution in [2.75, 3.05) is 19.0 Å². The molecule has 3 rings (SSSR count). The number of fused-ring (bicyclic) bond motifs is 1. The van der Waals surface area contributed by atoms with Crippen molar-refractivity contribution >= 4 is 45.8 Å². The Balaban J connectivity index is 1.38. The number of carbonyl (C=O) groups is 2. The van der Waals surface area contributed by atoms with Gasteiger partial charge in [0, 0.05) is 25.1 Å². The fourth-order valence-corrected chi connectivity index (χ4v) is 3.96. The molecular formula is C26H30FN5O4S. The summed E-state index contributed by atoms with van der Waals surface area (Å²) in [6.07, 6.45) is 2.79. The number of aryl methyl sites for hydroxylation is 1. The van der Waals surface area contributed by atoms with Crippen molar-refractivity contribution in [3.05, 3.63) is 70.5 Å². The van der Waals surface area contributed by atoms with Crippen LogP contribution in [0.4, 0.5) is 10.1 Å². The first kappa shape index (κ1) is 27.7. The van der Waals surface area contributed by atoms with E-state index in [-0.39, 0.29) is 23.7 Å². The quantitative estimate of drug-likeness (QED) is 0.161. The normalized spacial score (nSPS) is 11.5. The number of rotatable bonds is 12. The lowest BCUT2D eigenvalue weighted by molar-refractivity contribution is -0.145. The zero-order valence-electron chi connectivity index (χ0n) is 20.5. The van der Waals surface area contributed by atoms with E-state index in [0.717, 1.165) is 0 Å². The zero-order valence-corrected chi connectivity index (χ0v) is 21.3. The molecule has 1 aromatic heterocycles. The smallest absolute Gasteiger partial charge is 0.328 e. The number of methoxy groups -OCH3 is 1. The first-order chi connectivity index (χ1) is 17.9. The third-order valence-electron chi connectivity index (χ3n) is 5.59. The standard InChI is InChI=1S/C26H30FN5O4S/c1-36-25(35)21(12-4-5-15-28-26(37)29-18-9-6-8-17(27)16-18)31-23(33)14-7-13-22-30-20-11-3-2-10-19(20)24(34)32-22/h2-3,6,8-11,16,21H,4-5,7,12-15H2,1H3,(H,31,33)(H2,28,29,37)(H,30,32,34)/t21-/m0/s1. The number of thiocarbonyl (C=S) groups is 1. The number of halogens is 1. The number of amides is 1. The Bertz CT molecular complexity index is 1300. The van der Waals surface area contributed by atoms with E-state index in [1.807, 2.05) is 6.07 Å². The molecule has 0 aliphatic heterocycles. The fourth-order valence-electron chi connectivity index (χ4n) is 3.74. The summed E-state index contributed by atoms with van der Waals surface area (Å²) in [5, 5.41) is 9.55.